The van der Waals surface area contributed by atoms with E-state index in [1.54, 1.807) is 0 Å². The largest absolute Gasteiger partial charge is 0.486 e. The molecule has 0 aliphatic heterocycles. The highest BCUT2D eigenvalue weighted by molar-refractivity contribution is 7.80. The third-order valence-corrected chi connectivity index (χ3v) is 1.81. The summed E-state index contributed by atoms with van der Waals surface area (Å²) in [5.74, 6) is 9.55. The summed E-state index contributed by atoms with van der Waals surface area (Å²) in [4.78, 5) is 0. The van der Waals surface area contributed by atoms with Crippen molar-refractivity contribution in [2.24, 2.45) is 11.7 Å². The average Bonchev–Trinajstić information content (AvgIpc) is 2.37. The Kier molecular flexibility index (Phi) is 8.88. The molecule has 0 heterocycles. The molecule has 6 nitrogen and oxygen atoms in total. The van der Waals surface area contributed by atoms with Gasteiger partial charge in [-0.05, 0) is 30.0 Å². The van der Waals surface area contributed by atoms with Crippen LogP contribution in [0.3, 0.4) is 0 Å². The molecule has 0 aliphatic carbocycles. The fourth-order valence-electron chi connectivity index (χ4n) is 0.765. The summed E-state index contributed by atoms with van der Waals surface area (Å²) in [5.41, 5.74) is 5.12. The molecule has 0 fully saturated rings. The summed E-state index contributed by atoms with van der Waals surface area (Å²) in [7, 11) is 0. The zero-order valence-electron chi connectivity index (χ0n) is 8.92. The first-order valence-corrected chi connectivity index (χ1v) is 5.28. The SMILES string of the molecule is NNC(=S)OCc1ccccc1.NNC(O)=S. The standard InChI is InChI=1S/C8H10N2OS.CH4N2OS/c9-10-8(12)11-6-7-4-2-1-3-5-7;2-3-1(4)5/h1-5H,6,9H2,(H,10,12);2H2,(H2,3,4,5). The predicted molar refractivity (Wildman–Crippen MR) is 73.7 cm³/mol. The van der Waals surface area contributed by atoms with E-state index < -0.39 is 0 Å². The second kappa shape index (κ2) is 9.73. The van der Waals surface area contributed by atoms with Crippen LogP contribution in [0.25, 0.3) is 0 Å². The Labute approximate surface area is 110 Å². The van der Waals surface area contributed by atoms with Crippen LogP contribution >= 0.6 is 24.4 Å². The number of rotatable bonds is 2. The van der Waals surface area contributed by atoms with Gasteiger partial charge in [0.25, 0.3) is 10.3 Å². The molecule has 0 aliphatic rings. The fourth-order valence-corrected chi connectivity index (χ4v) is 0.824. The van der Waals surface area contributed by atoms with Gasteiger partial charge in [-0.1, -0.05) is 30.3 Å². The third-order valence-electron chi connectivity index (χ3n) is 1.45. The molecule has 0 spiro atoms. The van der Waals surface area contributed by atoms with Crippen molar-refractivity contribution < 1.29 is 9.84 Å². The Hall–Kier alpha value is -1.48. The molecule has 94 valence electrons. The third kappa shape index (κ3) is 9.45. The van der Waals surface area contributed by atoms with E-state index in [-0.39, 0.29) is 10.3 Å². The zero-order chi connectivity index (χ0) is 13.1. The monoisotopic (exact) mass is 274 g/mol. The molecule has 1 aromatic carbocycles. The molecule has 0 atom stereocenters. The number of hydrazine groups is 2. The van der Waals surface area contributed by atoms with E-state index in [2.05, 4.69) is 23.5 Å². The maximum atomic E-state index is 7.86. The van der Waals surface area contributed by atoms with Gasteiger partial charge in [0.05, 0.1) is 0 Å². The molecular weight excluding hydrogens is 260 g/mol. The molecule has 1 rings (SSSR count). The van der Waals surface area contributed by atoms with Crippen LogP contribution in [0, 0.1) is 0 Å². The molecule has 0 bridgehead atoms. The van der Waals surface area contributed by atoms with Crippen molar-refractivity contribution in [3.63, 3.8) is 0 Å². The van der Waals surface area contributed by atoms with Gasteiger partial charge >= 0.3 is 0 Å². The van der Waals surface area contributed by atoms with Crippen LogP contribution < -0.4 is 22.5 Å². The second-order valence-electron chi connectivity index (χ2n) is 2.66. The minimum atomic E-state index is -0.384. The predicted octanol–water partition coefficient (Wildman–Crippen LogP) is 0.244. The molecule has 0 saturated heterocycles. The van der Waals surface area contributed by atoms with Crippen LogP contribution in [0.1, 0.15) is 5.56 Å². The highest BCUT2D eigenvalue weighted by Crippen LogP contribution is 1.99. The number of hydrogen-bond donors (Lipinski definition) is 5. The lowest BCUT2D eigenvalue weighted by Gasteiger charge is -2.05. The summed E-state index contributed by atoms with van der Waals surface area (Å²) in [6.07, 6.45) is 0. The summed E-state index contributed by atoms with van der Waals surface area (Å²) >= 11 is 8.71. The first kappa shape index (κ1) is 15.5. The molecule has 0 unspecified atom stereocenters. The Morgan fingerprint density at radius 3 is 2.12 bits per heavy atom. The second-order valence-corrected chi connectivity index (χ2v) is 3.41. The first-order chi connectivity index (χ1) is 8.10. The summed E-state index contributed by atoms with van der Waals surface area (Å²) in [6.45, 7) is 0.448. The van der Waals surface area contributed by atoms with Gasteiger partial charge in [0.2, 0.25) is 0 Å². The summed E-state index contributed by atoms with van der Waals surface area (Å²) < 4.78 is 5.07. The van der Waals surface area contributed by atoms with Crippen LogP contribution in [-0.2, 0) is 11.3 Å². The number of aliphatic hydroxyl groups is 1. The van der Waals surface area contributed by atoms with Crippen LogP contribution in [0.5, 0.6) is 0 Å². The van der Waals surface area contributed by atoms with Crippen molar-refractivity contribution in [2.75, 3.05) is 0 Å². The van der Waals surface area contributed by atoms with Crippen molar-refractivity contribution in [1.82, 2.24) is 10.9 Å². The van der Waals surface area contributed by atoms with Crippen LogP contribution in [0.4, 0.5) is 0 Å². The van der Waals surface area contributed by atoms with Crippen LogP contribution in [0.15, 0.2) is 30.3 Å². The lowest BCUT2D eigenvalue weighted by molar-refractivity contribution is 0.287. The fraction of sp³-hybridized carbons (Fsp3) is 0.111. The number of thiocarbonyl (C=S) groups is 2. The van der Waals surface area contributed by atoms with Gasteiger partial charge in [0.1, 0.15) is 6.61 Å². The Balaban J connectivity index is 0.000000437. The van der Waals surface area contributed by atoms with Gasteiger partial charge < -0.3 is 9.84 Å². The average molecular weight is 274 g/mol. The normalized spacial score (nSPS) is 8.35. The number of ether oxygens (including phenoxy) is 1. The van der Waals surface area contributed by atoms with Crippen molar-refractivity contribution >= 4 is 34.8 Å². The molecule has 7 N–H and O–H groups in total. The first-order valence-electron chi connectivity index (χ1n) is 4.47. The van der Waals surface area contributed by atoms with Gasteiger partial charge in [0, 0.05) is 0 Å². The molecular formula is C9H14N4O2S2. The van der Waals surface area contributed by atoms with Crippen LogP contribution in [-0.4, -0.2) is 15.5 Å². The van der Waals surface area contributed by atoms with E-state index in [1.165, 1.54) is 0 Å². The van der Waals surface area contributed by atoms with Crippen LogP contribution in [0.2, 0.25) is 0 Å². The molecule has 0 radical (unpaired) electrons. The van der Waals surface area contributed by atoms with Crippen molar-refractivity contribution in [3.8, 4) is 0 Å². The minimum absolute atomic E-state index is 0.207. The number of hydrogen-bond acceptors (Lipinski definition) is 5. The van der Waals surface area contributed by atoms with E-state index in [9.17, 15) is 0 Å². The van der Waals surface area contributed by atoms with Gasteiger partial charge in [-0.3, -0.25) is 10.9 Å². The molecule has 8 heteroatoms. The van der Waals surface area contributed by atoms with Crippen molar-refractivity contribution in [1.29, 1.82) is 0 Å². The van der Waals surface area contributed by atoms with Crippen molar-refractivity contribution in [3.05, 3.63) is 35.9 Å². The lowest BCUT2D eigenvalue weighted by atomic mass is 10.2. The summed E-state index contributed by atoms with van der Waals surface area (Å²) in [5, 5.41) is 7.68. The van der Waals surface area contributed by atoms with E-state index in [0.717, 1.165) is 5.56 Å². The molecule has 17 heavy (non-hydrogen) atoms. The van der Waals surface area contributed by atoms with Gasteiger partial charge in [-0.2, -0.15) is 0 Å². The van der Waals surface area contributed by atoms with E-state index in [4.69, 9.17) is 27.9 Å². The molecule has 1 aromatic rings. The maximum Gasteiger partial charge on any atom is 0.271 e. The number of nitrogens with two attached hydrogens (primary N) is 2. The topological polar surface area (TPSA) is 106 Å². The van der Waals surface area contributed by atoms with E-state index >= 15 is 0 Å². The van der Waals surface area contributed by atoms with E-state index in [1.807, 2.05) is 35.8 Å². The Morgan fingerprint density at radius 1 is 1.18 bits per heavy atom. The van der Waals surface area contributed by atoms with Crippen molar-refractivity contribution in [2.45, 2.75) is 6.61 Å². The lowest BCUT2D eigenvalue weighted by Crippen LogP contribution is -2.30. The van der Waals surface area contributed by atoms with Gasteiger partial charge in [-0.25, -0.2) is 11.7 Å². The Bertz CT molecular complexity index is 348. The number of aliphatic hydroxyl groups excluding tert-OH is 1. The highest BCUT2D eigenvalue weighted by Gasteiger charge is 1.93. The maximum absolute atomic E-state index is 7.86. The highest BCUT2D eigenvalue weighted by atomic mass is 32.1. The van der Waals surface area contributed by atoms with Gasteiger partial charge in [0.15, 0.2) is 0 Å². The number of nitrogens with one attached hydrogen (secondary N) is 2. The van der Waals surface area contributed by atoms with Gasteiger partial charge in [-0.15, -0.1) is 0 Å². The molecule has 0 saturated carbocycles. The zero-order valence-corrected chi connectivity index (χ0v) is 10.6. The Morgan fingerprint density at radius 2 is 1.71 bits per heavy atom. The quantitative estimate of drug-likeness (QED) is 0.297. The minimum Gasteiger partial charge on any atom is -0.486 e. The molecule has 0 aromatic heterocycles. The molecule has 0 amide bonds. The van der Waals surface area contributed by atoms with E-state index in [0.29, 0.717) is 6.61 Å². The summed E-state index contributed by atoms with van der Waals surface area (Å²) in [6, 6.07) is 9.75. The smallest absolute Gasteiger partial charge is 0.271 e. The number of benzene rings is 1.